The Labute approximate surface area is 141 Å². The second kappa shape index (κ2) is 6.69. The minimum Gasteiger partial charge on any atom is -0.391 e. The summed E-state index contributed by atoms with van der Waals surface area (Å²) in [7, 11) is 1.34. The molecule has 0 saturated heterocycles. The maximum absolute atomic E-state index is 13.1. The lowest BCUT2D eigenvalue weighted by atomic mass is 10.2. The van der Waals surface area contributed by atoms with Crippen molar-refractivity contribution < 1.29 is 25.8 Å². The summed E-state index contributed by atoms with van der Waals surface area (Å²) in [5, 5.41) is 9.42. The zero-order valence-electron chi connectivity index (χ0n) is 15.1. The Morgan fingerprint density at radius 1 is 1.42 bits per heavy atom. The van der Waals surface area contributed by atoms with Crippen LogP contribution in [0.25, 0.3) is 10.2 Å². The van der Waals surface area contributed by atoms with Crippen molar-refractivity contribution >= 4 is 21.6 Å². The third-order valence-electron chi connectivity index (χ3n) is 3.72. The molecule has 1 atom stereocenters. The molecule has 134 valence electrons. The quantitative estimate of drug-likeness (QED) is 0.873. The Morgan fingerprint density at radius 2 is 2.04 bits per heavy atom. The number of aryl methyl sites for hydroxylation is 1. The van der Waals surface area contributed by atoms with Gasteiger partial charge in [-0.1, -0.05) is 0 Å². The molecule has 0 saturated carbocycles. The van der Waals surface area contributed by atoms with Gasteiger partial charge in [-0.2, -0.15) is 13.2 Å². The molecule has 6 nitrogen and oxygen atoms in total. The minimum atomic E-state index is -4.83. The van der Waals surface area contributed by atoms with Crippen molar-refractivity contribution in [2.75, 3.05) is 13.7 Å². The monoisotopic (exact) mass is 368 g/mol. The molecule has 0 aromatic carbocycles. The molecule has 1 N–H and O–H groups in total. The Bertz CT molecular complexity index is 943. The molecule has 0 radical (unpaired) electrons. The van der Waals surface area contributed by atoms with Crippen LogP contribution in [-0.2, 0) is 17.8 Å². The highest BCUT2D eigenvalue weighted by molar-refractivity contribution is 7.18. The highest BCUT2D eigenvalue weighted by Crippen LogP contribution is 2.31. The zero-order valence-corrected chi connectivity index (χ0v) is 13.9. The third kappa shape index (κ3) is 3.01. The summed E-state index contributed by atoms with van der Waals surface area (Å²) >= 11 is 0.652. The van der Waals surface area contributed by atoms with Crippen LogP contribution in [0.2, 0.25) is 0 Å². The largest absolute Gasteiger partial charge is 0.409 e. The summed E-state index contributed by atoms with van der Waals surface area (Å²) in [4.78, 5) is 25.0. The van der Waals surface area contributed by atoms with E-state index >= 15 is 0 Å². The van der Waals surface area contributed by atoms with E-state index in [0.29, 0.717) is 18.3 Å². The van der Waals surface area contributed by atoms with Gasteiger partial charge in [-0.25, -0.2) is 9.36 Å². The number of thiophene rings is 1. The van der Waals surface area contributed by atoms with Crippen molar-refractivity contribution in [3.05, 3.63) is 31.3 Å². The normalized spacial score (nSPS) is 15.5. The number of hydrogen-bond acceptors (Lipinski definition) is 5. The average molecular weight is 368 g/mol. The summed E-state index contributed by atoms with van der Waals surface area (Å²) in [6, 6.07) is -2.37. The highest BCUT2D eigenvalue weighted by atomic mass is 32.1. The average Bonchev–Trinajstić information content (AvgIpc) is 2.84. The summed E-state index contributed by atoms with van der Waals surface area (Å²) in [6.45, 7) is -0.931. The van der Waals surface area contributed by atoms with E-state index in [4.69, 9.17) is 7.48 Å². The van der Waals surface area contributed by atoms with Gasteiger partial charge in [0.15, 0.2) is 0 Å². The van der Waals surface area contributed by atoms with Crippen molar-refractivity contribution in [3.63, 3.8) is 0 Å². The number of halogens is 3. The molecule has 2 rings (SSSR count). The Balaban J connectivity index is 2.98. The molecule has 0 fully saturated rings. The Morgan fingerprint density at radius 3 is 2.54 bits per heavy atom. The molecule has 0 aliphatic heterocycles. The third-order valence-corrected chi connectivity index (χ3v) is 4.94. The van der Waals surface area contributed by atoms with E-state index in [-0.39, 0.29) is 38.4 Å². The van der Waals surface area contributed by atoms with Gasteiger partial charge < -0.3 is 9.84 Å². The van der Waals surface area contributed by atoms with E-state index in [1.54, 1.807) is 0 Å². The first kappa shape index (κ1) is 15.9. The molecule has 24 heavy (non-hydrogen) atoms. The number of alkyl halides is 3. The fraction of sp³-hybridized carbons (Fsp3) is 0.571. The van der Waals surface area contributed by atoms with Gasteiger partial charge in [-0.15, -0.1) is 11.3 Å². The lowest BCUT2D eigenvalue weighted by Crippen LogP contribution is -2.45. The van der Waals surface area contributed by atoms with Gasteiger partial charge in [-0.3, -0.25) is 9.36 Å². The number of rotatable bonds is 5. The lowest BCUT2D eigenvalue weighted by molar-refractivity contribution is -0.164. The second-order valence-electron chi connectivity index (χ2n) is 5.17. The summed E-state index contributed by atoms with van der Waals surface area (Å²) < 4.78 is 60.2. The van der Waals surface area contributed by atoms with Crippen molar-refractivity contribution in [3.8, 4) is 0 Å². The molecule has 0 aliphatic carbocycles. The molecular formula is C14H17F3N2O4S. The van der Waals surface area contributed by atoms with Crippen LogP contribution in [0.5, 0.6) is 0 Å². The molecule has 0 unspecified atom stereocenters. The second-order valence-corrected chi connectivity index (χ2v) is 6.17. The van der Waals surface area contributed by atoms with Gasteiger partial charge in [0, 0.05) is 12.0 Å². The fourth-order valence-electron chi connectivity index (χ4n) is 2.34. The summed E-state index contributed by atoms with van der Waals surface area (Å²) in [5.41, 5.74) is -2.35. The fourth-order valence-corrected chi connectivity index (χ4v) is 3.45. The Kier molecular flexibility index (Phi) is 4.42. The van der Waals surface area contributed by atoms with Gasteiger partial charge in [0.1, 0.15) is 10.9 Å². The number of ether oxygens (including phenoxy) is 1. The summed E-state index contributed by atoms with van der Waals surface area (Å²) in [5.74, 6) is 0. The maximum Gasteiger partial charge on any atom is 0.409 e. The number of fused-ring (bicyclic) bond motifs is 1. The van der Waals surface area contributed by atoms with Crippen LogP contribution in [0.3, 0.4) is 0 Å². The molecule has 2 aromatic rings. The van der Waals surface area contributed by atoms with Gasteiger partial charge in [0.2, 0.25) is 0 Å². The summed E-state index contributed by atoms with van der Waals surface area (Å²) in [6.07, 6.45) is -4.83. The predicted molar refractivity (Wildman–Crippen MR) is 83.6 cm³/mol. The molecule has 10 heteroatoms. The lowest BCUT2D eigenvalue weighted by Gasteiger charge is -2.19. The maximum atomic E-state index is 13.1. The van der Waals surface area contributed by atoms with Crippen molar-refractivity contribution in [2.45, 2.75) is 39.2 Å². The van der Waals surface area contributed by atoms with E-state index in [1.807, 2.05) is 0 Å². The van der Waals surface area contributed by atoms with Crippen LogP contribution in [0.4, 0.5) is 13.2 Å². The molecule has 0 bridgehead atoms. The standard InChI is InChI=1S/C14H17F3N2O4S/c1-7-9(6-20)24-12-10(7)11(21)19(8(2)14(15,16)17)13(22)18(12)4-5-23-3/h8,20H,4-6H2,1-3H3/t8-/m0/s1/i6D2. The van der Waals surface area contributed by atoms with Crippen LogP contribution in [0, 0.1) is 6.92 Å². The van der Waals surface area contributed by atoms with E-state index in [2.05, 4.69) is 0 Å². The SMILES string of the molecule is [2H]C([2H])(O)c1sc2c(c1C)c(=O)n([C@@H](C)C(F)(F)F)c(=O)n2CCOC. The Hall–Kier alpha value is -1.65. The molecule has 0 aliphatic rings. The number of aromatic nitrogens is 2. The number of hydrogen-bond donors (Lipinski definition) is 1. The zero-order chi connectivity index (χ0) is 20.0. The van der Waals surface area contributed by atoms with Crippen molar-refractivity contribution in [2.24, 2.45) is 0 Å². The van der Waals surface area contributed by atoms with E-state index in [1.165, 1.54) is 14.0 Å². The molecule has 0 amide bonds. The van der Waals surface area contributed by atoms with E-state index < -0.39 is 30.0 Å². The van der Waals surface area contributed by atoms with Gasteiger partial charge in [-0.05, 0) is 19.4 Å². The van der Waals surface area contributed by atoms with Crippen molar-refractivity contribution in [1.29, 1.82) is 0 Å². The molecule has 0 spiro atoms. The van der Waals surface area contributed by atoms with E-state index in [0.717, 1.165) is 4.57 Å². The van der Waals surface area contributed by atoms with Gasteiger partial charge >= 0.3 is 11.9 Å². The van der Waals surface area contributed by atoms with Crippen LogP contribution < -0.4 is 11.2 Å². The van der Waals surface area contributed by atoms with Crippen LogP contribution in [0.15, 0.2) is 9.59 Å². The molecular weight excluding hydrogens is 349 g/mol. The molecule has 2 aromatic heterocycles. The van der Waals surface area contributed by atoms with Crippen LogP contribution in [-0.4, -0.2) is 34.1 Å². The van der Waals surface area contributed by atoms with Crippen LogP contribution in [0.1, 0.15) is 26.1 Å². The number of methoxy groups -OCH3 is 1. The number of nitrogens with zero attached hydrogens (tertiary/aromatic N) is 2. The van der Waals surface area contributed by atoms with Crippen molar-refractivity contribution in [1.82, 2.24) is 9.13 Å². The molecule has 2 heterocycles. The first-order chi connectivity index (χ1) is 11.8. The van der Waals surface area contributed by atoms with Gasteiger partial charge in [0.25, 0.3) is 5.56 Å². The van der Waals surface area contributed by atoms with Gasteiger partial charge in [0.05, 0.1) is 27.8 Å². The first-order valence-corrected chi connectivity index (χ1v) is 7.71. The first-order valence-electron chi connectivity index (χ1n) is 7.89. The predicted octanol–water partition coefficient (Wildman–Crippen LogP) is 1.80. The number of aliphatic hydroxyl groups is 1. The van der Waals surface area contributed by atoms with Crippen LogP contribution >= 0.6 is 11.3 Å². The topological polar surface area (TPSA) is 73.5 Å². The highest BCUT2D eigenvalue weighted by Gasteiger charge is 2.40. The smallest absolute Gasteiger partial charge is 0.391 e. The minimum absolute atomic E-state index is 0.00297. The van der Waals surface area contributed by atoms with E-state index in [9.17, 15) is 27.9 Å².